The van der Waals surface area contributed by atoms with E-state index in [1.54, 1.807) is 6.92 Å². The first-order chi connectivity index (χ1) is 7.65. The summed E-state index contributed by atoms with van der Waals surface area (Å²) >= 11 is 0. The van der Waals surface area contributed by atoms with E-state index in [9.17, 15) is 9.59 Å². The molecule has 1 aromatic rings. The lowest BCUT2D eigenvalue weighted by atomic mass is 10.3. The van der Waals surface area contributed by atoms with E-state index >= 15 is 0 Å². The van der Waals surface area contributed by atoms with Crippen molar-refractivity contribution in [1.29, 1.82) is 0 Å². The van der Waals surface area contributed by atoms with Crippen LogP contribution in [0.3, 0.4) is 0 Å². The molecule has 0 radical (unpaired) electrons. The first-order valence-corrected chi connectivity index (χ1v) is 5.09. The van der Waals surface area contributed by atoms with E-state index in [0.717, 1.165) is 6.42 Å². The molecule has 0 saturated heterocycles. The van der Waals surface area contributed by atoms with Crippen LogP contribution in [0.5, 0.6) is 0 Å². The summed E-state index contributed by atoms with van der Waals surface area (Å²) in [7, 11) is 0. The summed E-state index contributed by atoms with van der Waals surface area (Å²) in [6, 6.07) is -0.593. The molecule has 1 atom stereocenters. The fourth-order valence-electron chi connectivity index (χ4n) is 1.05. The molecule has 1 rings (SSSR count). The van der Waals surface area contributed by atoms with E-state index in [1.807, 2.05) is 6.92 Å². The van der Waals surface area contributed by atoms with Crippen LogP contribution >= 0.6 is 0 Å². The highest BCUT2D eigenvalue weighted by molar-refractivity contribution is 5.94. The van der Waals surface area contributed by atoms with Gasteiger partial charge in [0.15, 0.2) is 0 Å². The van der Waals surface area contributed by atoms with E-state index in [1.165, 1.54) is 6.33 Å². The lowest BCUT2D eigenvalue weighted by Crippen LogP contribution is -2.45. The van der Waals surface area contributed by atoms with Crippen molar-refractivity contribution in [3.05, 3.63) is 12.2 Å². The van der Waals surface area contributed by atoms with Gasteiger partial charge >= 0.3 is 0 Å². The van der Waals surface area contributed by atoms with Crippen LogP contribution < -0.4 is 10.6 Å². The van der Waals surface area contributed by atoms with E-state index < -0.39 is 11.9 Å². The maximum atomic E-state index is 11.5. The number of H-pyrrole nitrogens is 1. The largest absolute Gasteiger partial charge is 0.354 e. The third kappa shape index (κ3) is 3.34. The molecule has 16 heavy (non-hydrogen) atoms. The van der Waals surface area contributed by atoms with E-state index in [-0.39, 0.29) is 11.7 Å². The smallest absolute Gasteiger partial charge is 0.289 e. The Labute approximate surface area is 93.0 Å². The molecule has 7 heteroatoms. The minimum Gasteiger partial charge on any atom is -0.354 e. The minimum atomic E-state index is -0.593. The second-order valence-electron chi connectivity index (χ2n) is 3.32. The summed E-state index contributed by atoms with van der Waals surface area (Å²) in [5, 5.41) is 11.2. The zero-order chi connectivity index (χ0) is 12.0. The first-order valence-electron chi connectivity index (χ1n) is 5.09. The number of rotatable bonds is 5. The molecule has 0 fully saturated rings. The lowest BCUT2D eigenvalue weighted by Gasteiger charge is -2.12. The van der Waals surface area contributed by atoms with Gasteiger partial charge in [-0.15, -0.1) is 0 Å². The zero-order valence-electron chi connectivity index (χ0n) is 9.28. The second kappa shape index (κ2) is 5.84. The first kappa shape index (κ1) is 12.2. The molecule has 0 saturated carbocycles. The molecule has 0 aliphatic rings. The van der Waals surface area contributed by atoms with Crippen molar-refractivity contribution in [3.63, 3.8) is 0 Å². The number of nitrogens with zero attached hydrogens (tertiary/aromatic N) is 2. The van der Waals surface area contributed by atoms with E-state index in [0.29, 0.717) is 6.54 Å². The quantitative estimate of drug-likeness (QED) is 0.626. The Bertz CT molecular complexity index is 349. The van der Waals surface area contributed by atoms with E-state index in [2.05, 4.69) is 25.8 Å². The predicted octanol–water partition coefficient (Wildman–Crippen LogP) is -0.551. The van der Waals surface area contributed by atoms with Crippen molar-refractivity contribution in [2.24, 2.45) is 0 Å². The molecule has 0 aliphatic carbocycles. The average Bonchev–Trinajstić information content (AvgIpc) is 2.79. The molecule has 0 aliphatic heterocycles. The number of carbonyl (C=O) groups is 2. The molecule has 0 aromatic carbocycles. The predicted molar refractivity (Wildman–Crippen MR) is 56.6 cm³/mol. The van der Waals surface area contributed by atoms with Crippen LogP contribution in [0.25, 0.3) is 0 Å². The van der Waals surface area contributed by atoms with Gasteiger partial charge in [-0.05, 0) is 13.3 Å². The van der Waals surface area contributed by atoms with Crippen LogP contribution in [0.15, 0.2) is 6.33 Å². The van der Waals surface area contributed by atoms with Gasteiger partial charge in [-0.1, -0.05) is 6.92 Å². The summed E-state index contributed by atoms with van der Waals surface area (Å²) < 4.78 is 0. The van der Waals surface area contributed by atoms with Gasteiger partial charge in [-0.3, -0.25) is 14.7 Å². The minimum absolute atomic E-state index is 0.0927. The van der Waals surface area contributed by atoms with Gasteiger partial charge in [-0.2, -0.15) is 5.10 Å². The van der Waals surface area contributed by atoms with Crippen molar-refractivity contribution in [2.45, 2.75) is 26.3 Å². The second-order valence-corrected chi connectivity index (χ2v) is 3.32. The van der Waals surface area contributed by atoms with Crippen molar-refractivity contribution in [2.75, 3.05) is 6.54 Å². The normalized spacial score (nSPS) is 11.9. The Balaban J connectivity index is 2.42. The summed E-state index contributed by atoms with van der Waals surface area (Å²) in [4.78, 5) is 26.6. The molecule has 88 valence electrons. The molecule has 0 bridgehead atoms. The number of amides is 2. The van der Waals surface area contributed by atoms with Gasteiger partial charge in [0.25, 0.3) is 5.91 Å². The summed E-state index contributed by atoms with van der Waals surface area (Å²) in [6.45, 7) is 4.17. The summed E-state index contributed by atoms with van der Waals surface area (Å²) in [5.41, 5.74) is 0. The highest BCUT2D eigenvalue weighted by Gasteiger charge is 2.17. The van der Waals surface area contributed by atoms with Gasteiger partial charge in [0.05, 0.1) is 0 Å². The molecule has 1 unspecified atom stereocenters. The van der Waals surface area contributed by atoms with Crippen molar-refractivity contribution in [1.82, 2.24) is 25.8 Å². The Kier molecular flexibility index (Phi) is 4.43. The number of hydrogen-bond acceptors (Lipinski definition) is 4. The summed E-state index contributed by atoms with van der Waals surface area (Å²) in [5.74, 6) is -0.568. The van der Waals surface area contributed by atoms with Crippen LogP contribution in [0.1, 0.15) is 30.9 Å². The molecule has 1 heterocycles. The lowest BCUT2D eigenvalue weighted by molar-refractivity contribution is -0.122. The Morgan fingerprint density at radius 1 is 1.56 bits per heavy atom. The van der Waals surface area contributed by atoms with Gasteiger partial charge in [0, 0.05) is 6.54 Å². The Morgan fingerprint density at radius 3 is 2.88 bits per heavy atom. The highest BCUT2D eigenvalue weighted by atomic mass is 16.2. The SMILES string of the molecule is CCCNC(=O)C(C)NC(=O)c1ncn[nH]1. The summed E-state index contributed by atoms with van der Waals surface area (Å²) in [6.07, 6.45) is 2.09. The maximum Gasteiger partial charge on any atom is 0.289 e. The number of nitrogens with one attached hydrogen (secondary N) is 3. The number of aromatic nitrogens is 3. The molecular formula is C9H15N5O2. The van der Waals surface area contributed by atoms with Crippen LogP contribution in [0, 0.1) is 0 Å². The Morgan fingerprint density at radius 2 is 2.31 bits per heavy atom. The van der Waals surface area contributed by atoms with Gasteiger partial charge in [0.2, 0.25) is 11.7 Å². The molecule has 0 spiro atoms. The van der Waals surface area contributed by atoms with Crippen LogP contribution in [0.4, 0.5) is 0 Å². The standard InChI is InChI=1S/C9H15N5O2/c1-3-4-10-8(15)6(2)13-9(16)7-11-5-12-14-7/h5-6H,3-4H2,1-2H3,(H,10,15)(H,13,16)(H,11,12,14). The molecule has 3 N–H and O–H groups in total. The third-order valence-corrected chi connectivity index (χ3v) is 1.92. The number of carbonyl (C=O) groups excluding carboxylic acids is 2. The zero-order valence-corrected chi connectivity index (χ0v) is 9.28. The molecule has 1 aromatic heterocycles. The van der Waals surface area contributed by atoms with Crippen LogP contribution in [-0.4, -0.2) is 39.6 Å². The molecule has 2 amide bonds. The monoisotopic (exact) mass is 225 g/mol. The van der Waals surface area contributed by atoms with Crippen LogP contribution in [0.2, 0.25) is 0 Å². The molecular weight excluding hydrogens is 210 g/mol. The Hall–Kier alpha value is -1.92. The van der Waals surface area contributed by atoms with Gasteiger partial charge in [-0.25, -0.2) is 4.98 Å². The highest BCUT2D eigenvalue weighted by Crippen LogP contribution is 1.89. The molecule has 7 nitrogen and oxygen atoms in total. The third-order valence-electron chi connectivity index (χ3n) is 1.92. The number of aromatic amines is 1. The van der Waals surface area contributed by atoms with Gasteiger partial charge < -0.3 is 10.6 Å². The fraction of sp³-hybridized carbons (Fsp3) is 0.556. The van der Waals surface area contributed by atoms with Crippen LogP contribution in [-0.2, 0) is 4.79 Å². The fourth-order valence-corrected chi connectivity index (χ4v) is 1.05. The topological polar surface area (TPSA) is 99.8 Å². The number of hydrogen-bond donors (Lipinski definition) is 3. The van der Waals surface area contributed by atoms with Crippen molar-refractivity contribution >= 4 is 11.8 Å². The van der Waals surface area contributed by atoms with Crippen molar-refractivity contribution in [3.8, 4) is 0 Å². The maximum absolute atomic E-state index is 11.5. The van der Waals surface area contributed by atoms with E-state index in [4.69, 9.17) is 0 Å². The van der Waals surface area contributed by atoms with Crippen molar-refractivity contribution < 1.29 is 9.59 Å². The average molecular weight is 225 g/mol. The van der Waals surface area contributed by atoms with Gasteiger partial charge in [0.1, 0.15) is 12.4 Å².